The fourth-order valence-corrected chi connectivity index (χ4v) is 2.23. The van der Waals surface area contributed by atoms with Crippen molar-refractivity contribution in [1.29, 1.82) is 0 Å². The van der Waals surface area contributed by atoms with E-state index in [1.54, 1.807) is 19.2 Å². The Morgan fingerprint density at radius 2 is 2.14 bits per heavy atom. The summed E-state index contributed by atoms with van der Waals surface area (Å²) in [6, 6.07) is 4.12. The Hall–Kier alpha value is -2.90. The Bertz CT molecular complexity index is 629. The first-order valence-electron chi connectivity index (χ1n) is 6.72. The van der Waals surface area contributed by atoms with Gasteiger partial charge in [-0.15, -0.1) is 0 Å². The van der Waals surface area contributed by atoms with Crippen molar-refractivity contribution in [2.24, 2.45) is 0 Å². The molecule has 1 saturated heterocycles. The fourth-order valence-electron chi connectivity index (χ4n) is 2.23. The first kappa shape index (κ1) is 15.5. The largest absolute Gasteiger partial charge is 0.386 e. The van der Waals surface area contributed by atoms with E-state index in [1.807, 2.05) is 0 Å². The monoisotopic (exact) mass is 304 g/mol. The molecule has 1 aromatic carbocycles. The molecule has 0 aliphatic carbocycles. The average molecular weight is 304 g/mol. The van der Waals surface area contributed by atoms with Crippen LogP contribution in [0.15, 0.2) is 18.2 Å². The minimum absolute atomic E-state index is 0.173. The number of carbonyl (C=O) groups excluding carboxylic acids is 4. The van der Waals surface area contributed by atoms with Gasteiger partial charge in [0.05, 0.1) is 16.9 Å². The Kier molecular flexibility index (Phi) is 4.72. The highest BCUT2D eigenvalue weighted by molar-refractivity contribution is 6.07. The number of anilines is 2. The van der Waals surface area contributed by atoms with Crippen molar-refractivity contribution in [3.8, 4) is 0 Å². The minimum Gasteiger partial charge on any atom is -0.386 e. The van der Waals surface area contributed by atoms with E-state index in [4.69, 9.17) is 0 Å². The van der Waals surface area contributed by atoms with Gasteiger partial charge in [0.2, 0.25) is 18.2 Å². The number of piperidine rings is 1. The van der Waals surface area contributed by atoms with E-state index in [-0.39, 0.29) is 24.3 Å². The first-order valence-corrected chi connectivity index (χ1v) is 6.72. The Labute approximate surface area is 126 Å². The molecule has 0 radical (unpaired) electrons. The number of carbonyl (C=O) groups is 4. The van der Waals surface area contributed by atoms with Crippen molar-refractivity contribution in [2.75, 3.05) is 17.7 Å². The Morgan fingerprint density at radius 3 is 2.77 bits per heavy atom. The van der Waals surface area contributed by atoms with E-state index in [1.165, 1.54) is 6.07 Å². The van der Waals surface area contributed by atoms with Gasteiger partial charge in [-0.3, -0.25) is 24.5 Å². The lowest BCUT2D eigenvalue weighted by Crippen LogP contribution is -2.52. The van der Waals surface area contributed by atoms with Crippen LogP contribution < -0.4 is 21.3 Å². The molecule has 0 aromatic heterocycles. The van der Waals surface area contributed by atoms with Crippen LogP contribution in [0.25, 0.3) is 0 Å². The van der Waals surface area contributed by atoms with Gasteiger partial charge in [-0.1, -0.05) is 6.07 Å². The zero-order chi connectivity index (χ0) is 16.1. The molecule has 8 heteroatoms. The topological polar surface area (TPSA) is 116 Å². The molecule has 8 nitrogen and oxygen atoms in total. The summed E-state index contributed by atoms with van der Waals surface area (Å²) in [5.74, 6) is -1.38. The Morgan fingerprint density at radius 1 is 1.36 bits per heavy atom. The normalized spacial score (nSPS) is 17.4. The highest BCUT2D eigenvalue weighted by Gasteiger charge is 2.28. The van der Waals surface area contributed by atoms with Crippen LogP contribution in [-0.2, 0) is 14.4 Å². The molecule has 1 unspecified atom stereocenters. The van der Waals surface area contributed by atoms with E-state index < -0.39 is 17.9 Å². The molecule has 4 N–H and O–H groups in total. The summed E-state index contributed by atoms with van der Waals surface area (Å²) < 4.78 is 0. The second-order valence-corrected chi connectivity index (χ2v) is 4.72. The smallest absolute Gasteiger partial charge is 0.254 e. The maximum absolute atomic E-state index is 12.3. The number of imide groups is 1. The van der Waals surface area contributed by atoms with Gasteiger partial charge in [0.1, 0.15) is 6.04 Å². The standard InChI is InChI=1S/C14H16N4O4/c1-15-9-4-2-3-8(12(9)16-7-19)13(21)17-10-5-6-11(20)18-14(10)22/h2-4,7,10,15H,5-6H2,1H3,(H,16,19)(H,17,21)(H,18,20,22). The van der Waals surface area contributed by atoms with Gasteiger partial charge >= 0.3 is 0 Å². The van der Waals surface area contributed by atoms with Crippen molar-refractivity contribution in [2.45, 2.75) is 18.9 Å². The molecule has 1 aliphatic heterocycles. The molecule has 22 heavy (non-hydrogen) atoms. The number of benzene rings is 1. The summed E-state index contributed by atoms with van der Waals surface area (Å²) in [6.07, 6.45) is 0.893. The van der Waals surface area contributed by atoms with Gasteiger partial charge in [0.25, 0.3) is 5.91 Å². The molecule has 2 rings (SSSR count). The third kappa shape index (κ3) is 3.22. The summed E-state index contributed by atoms with van der Waals surface area (Å²) in [4.78, 5) is 45.8. The summed E-state index contributed by atoms with van der Waals surface area (Å²) in [5, 5.41) is 10.1. The molecular weight excluding hydrogens is 288 g/mol. The third-order valence-corrected chi connectivity index (χ3v) is 3.33. The van der Waals surface area contributed by atoms with Crippen LogP contribution in [0.4, 0.5) is 11.4 Å². The van der Waals surface area contributed by atoms with Crippen molar-refractivity contribution < 1.29 is 19.2 Å². The maximum atomic E-state index is 12.3. The van der Waals surface area contributed by atoms with Crippen LogP contribution in [0, 0.1) is 0 Å². The quantitative estimate of drug-likeness (QED) is 0.445. The molecule has 0 spiro atoms. The molecule has 116 valence electrons. The van der Waals surface area contributed by atoms with Gasteiger partial charge < -0.3 is 16.0 Å². The zero-order valence-electron chi connectivity index (χ0n) is 11.9. The van der Waals surface area contributed by atoms with Crippen molar-refractivity contribution >= 4 is 35.5 Å². The van der Waals surface area contributed by atoms with E-state index in [0.717, 1.165) is 0 Å². The number of para-hydroxylation sites is 1. The fraction of sp³-hybridized carbons (Fsp3) is 0.286. The molecule has 1 aromatic rings. The molecular formula is C14H16N4O4. The van der Waals surface area contributed by atoms with Gasteiger partial charge in [-0.05, 0) is 18.6 Å². The molecule has 1 heterocycles. The minimum atomic E-state index is -0.771. The first-order chi connectivity index (χ1) is 10.6. The van der Waals surface area contributed by atoms with Crippen LogP contribution in [0.1, 0.15) is 23.2 Å². The Balaban J connectivity index is 2.20. The van der Waals surface area contributed by atoms with Crippen LogP contribution in [0.3, 0.4) is 0 Å². The second kappa shape index (κ2) is 6.70. The average Bonchev–Trinajstić information content (AvgIpc) is 2.50. The van der Waals surface area contributed by atoms with Crippen LogP contribution in [0.2, 0.25) is 0 Å². The van der Waals surface area contributed by atoms with Crippen molar-refractivity contribution in [3.63, 3.8) is 0 Å². The third-order valence-electron chi connectivity index (χ3n) is 3.33. The molecule has 4 amide bonds. The number of hydrogen-bond donors (Lipinski definition) is 4. The summed E-state index contributed by atoms with van der Waals surface area (Å²) >= 11 is 0. The summed E-state index contributed by atoms with van der Waals surface area (Å²) in [5.41, 5.74) is 1.12. The molecule has 1 aliphatic rings. The van der Waals surface area contributed by atoms with E-state index in [2.05, 4.69) is 21.3 Å². The van der Waals surface area contributed by atoms with Crippen LogP contribution in [0.5, 0.6) is 0 Å². The number of rotatable bonds is 5. The van der Waals surface area contributed by atoms with Gasteiger partial charge in [-0.25, -0.2) is 0 Å². The predicted molar refractivity (Wildman–Crippen MR) is 79.3 cm³/mol. The summed E-state index contributed by atoms with van der Waals surface area (Å²) in [6.45, 7) is 0. The molecule has 1 atom stereocenters. The van der Waals surface area contributed by atoms with Crippen LogP contribution >= 0.6 is 0 Å². The van der Waals surface area contributed by atoms with E-state index >= 15 is 0 Å². The lowest BCUT2D eigenvalue weighted by molar-refractivity contribution is -0.134. The second-order valence-electron chi connectivity index (χ2n) is 4.72. The van der Waals surface area contributed by atoms with Gasteiger partial charge in [-0.2, -0.15) is 0 Å². The number of amides is 4. The summed E-state index contributed by atoms with van der Waals surface area (Å²) in [7, 11) is 1.66. The molecule has 0 bridgehead atoms. The SMILES string of the molecule is CNc1cccc(C(=O)NC2CCC(=O)NC2=O)c1NC=O. The van der Waals surface area contributed by atoms with Crippen LogP contribution in [-0.4, -0.2) is 37.2 Å². The molecule has 1 fully saturated rings. The van der Waals surface area contributed by atoms with Crippen molar-refractivity contribution in [1.82, 2.24) is 10.6 Å². The lowest BCUT2D eigenvalue weighted by Gasteiger charge is -2.22. The van der Waals surface area contributed by atoms with Crippen molar-refractivity contribution in [3.05, 3.63) is 23.8 Å². The highest BCUT2D eigenvalue weighted by Crippen LogP contribution is 2.25. The zero-order valence-corrected chi connectivity index (χ0v) is 11.9. The lowest BCUT2D eigenvalue weighted by atomic mass is 10.0. The van der Waals surface area contributed by atoms with Gasteiger partial charge in [0.15, 0.2) is 0 Å². The van der Waals surface area contributed by atoms with Gasteiger partial charge in [0, 0.05) is 13.5 Å². The van der Waals surface area contributed by atoms with E-state index in [9.17, 15) is 19.2 Å². The maximum Gasteiger partial charge on any atom is 0.254 e. The number of hydrogen-bond acceptors (Lipinski definition) is 5. The number of nitrogens with one attached hydrogen (secondary N) is 4. The molecule has 0 saturated carbocycles. The predicted octanol–water partition coefficient (Wildman–Crippen LogP) is -0.168. The van der Waals surface area contributed by atoms with E-state index in [0.29, 0.717) is 17.8 Å². The highest BCUT2D eigenvalue weighted by atomic mass is 16.2.